The average Bonchev–Trinajstić information content (AvgIpc) is 2.17. The van der Waals surface area contributed by atoms with Crippen LogP contribution in [0, 0.1) is 6.92 Å². The van der Waals surface area contributed by atoms with Gasteiger partial charge in [-0.2, -0.15) is 0 Å². The number of rotatable bonds is 4. The summed E-state index contributed by atoms with van der Waals surface area (Å²) in [5.41, 5.74) is 5.87. The number of hydrazine groups is 1. The zero-order valence-electron chi connectivity index (χ0n) is 8.67. The zero-order chi connectivity index (χ0) is 9.68. The first-order valence-electron chi connectivity index (χ1n) is 4.85. The minimum absolute atomic E-state index is 0. The van der Waals surface area contributed by atoms with Gasteiger partial charge in [-0.25, -0.2) is 5.01 Å². The molecule has 1 N–H and O–H groups in total. The van der Waals surface area contributed by atoms with Crippen molar-refractivity contribution in [3.63, 3.8) is 0 Å². The Bertz CT molecular complexity index is 254. The van der Waals surface area contributed by atoms with Gasteiger partial charge in [-0.15, -0.1) is 0 Å². The molecule has 1 aromatic carbocycles. The fourth-order valence-electron chi connectivity index (χ4n) is 1.25. The van der Waals surface area contributed by atoms with Crippen molar-refractivity contribution >= 4 is 5.69 Å². The quantitative estimate of drug-likeness (QED) is 0.740. The van der Waals surface area contributed by atoms with Crippen molar-refractivity contribution in [3.05, 3.63) is 29.8 Å². The van der Waals surface area contributed by atoms with E-state index in [0.29, 0.717) is 0 Å². The first-order valence-corrected chi connectivity index (χ1v) is 4.85. The van der Waals surface area contributed by atoms with Gasteiger partial charge in [0, 0.05) is 13.1 Å². The van der Waals surface area contributed by atoms with Crippen molar-refractivity contribution in [2.24, 2.45) is 0 Å². The summed E-state index contributed by atoms with van der Waals surface area (Å²) in [7, 11) is 0. The van der Waals surface area contributed by atoms with Crippen LogP contribution in [0.1, 0.15) is 26.8 Å². The van der Waals surface area contributed by atoms with Gasteiger partial charge in [-0.3, -0.25) is 0 Å². The standard InChI is InChI=1S/C11H18N2.CH4/c1-4-13(5-2)12-11-9-7-6-8-10(11)3;/h6-9,12H,4-5H2,1-3H3;1H4. The van der Waals surface area contributed by atoms with Crippen LogP contribution < -0.4 is 5.43 Å². The molecule has 1 rings (SSSR count). The zero-order valence-corrected chi connectivity index (χ0v) is 8.67. The molecular weight excluding hydrogens is 172 g/mol. The maximum Gasteiger partial charge on any atom is 0.0519 e. The summed E-state index contributed by atoms with van der Waals surface area (Å²) in [6.07, 6.45) is 0. The van der Waals surface area contributed by atoms with Crippen molar-refractivity contribution in [1.82, 2.24) is 5.01 Å². The second-order valence-corrected chi connectivity index (χ2v) is 3.10. The molecule has 0 aromatic heterocycles. The van der Waals surface area contributed by atoms with E-state index in [1.54, 1.807) is 0 Å². The highest BCUT2D eigenvalue weighted by Crippen LogP contribution is 2.13. The van der Waals surface area contributed by atoms with Crippen molar-refractivity contribution in [3.8, 4) is 0 Å². The lowest BCUT2D eigenvalue weighted by atomic mass is 10.2. The molecule has 1 aromatic rings. The minimum Gasteiger partial charge on any atom is -0.319 e. The normalized spacial score (nSPS) is 9.71. The highest BCUT2D eigenvalue weighted by molar-refractivity contribution is 5.49. The number of hydrogen-bond acceptors (Lipinski definition) is 2. The molecule has 80 valence electrons. The Kier molecular flexibility index (Phi) is 5.97. The predicted molar refractivity (Wildman–Crippen MR) is 64.5 cm³/mol. The predicted octanol–water partition coefficient (Wildman–Crippen LogP) is 3.30. The topological polar surface area (TPSA) is 15.3 Å². The van der Waals surface area contributed by atoms with E-state index < -0.39 is 0 Å². The monoisotopic (exact) mass is 194 g/mol. The smallest absolute Gasteiger partial charge is 0.0519 e. The summed E-state index contributed by atoms with van der Waals surface area (Å²) in [4.78, 5) is 0. The Balaban J connectivity index is 0.00000169. The lowest BCUT2D eigenvalue weighted by Gasteiger charge is -2.21. The van der Waals surface area contributed by atoms with Gasteiger partial charge in [0.25, 0.3) is 0 Å². The van der Waals surface area contributed by atoms with Crippen molar-refractivity contribution in [1.29, 1.82) is 0 Å². The van der Waals surface area contributed by atoms with Crippen LogP contribution in [0.5, 0.6) is 0 Å². The molecular formula is C12H22N2. The van der Waals surface area contributed by atoms with E-state index in [9.17, 15) is 0 Å². The van der Waals surface area contributed by atoms with Crippen LogP contribution in [0.4, 0.5) is 5.69 Å². The minimum atomic E-state index is 0. The van der Waals surface area contributed by atoms with Crippen LogP contribution in [-0.2, 0) is 0 Å². The van der Waals surface area contributed by atoms with Crippen LogP contribution in [0.3, 0.4) is 0 Å². The molecule has 0 spiro atoms. The molecule has 0 radical (unpaired) electrons. The highest BCUT2D eigenvalue weighted by Gasteiger charge is 2.00. The van der Waals surface area contributed by atoms with E-state index in [-0.39, 0.29) is 7.43 Å². The second-order valence-electron chi connectivity index (χ2n) is 3.10. The van der Waals surface area contributed by atoms with E-state index in [2.05, 4.69) is 55.5 Å². The summed E-state index contributed by atoms with van der Waals surface area (Å²) >= 11 is 0. The summed E-state index contributed by atoms with van der Waals surface area (Å²) in [5, 5.41) is 2.18. The molecule has 14 heavy (non-hydrogen) atoms. The number of aryl methyl sites for hydroxylation is 1. The molecule has 0 aliphatic rings. The molecule has 0 bridgehead atoms. The Morgan fingerprint density at radius 3 is 2.21 bits per heavy atom. The molecule has 0 fully saturated rings. The molecule has 2 heteroatoms. The van der Waals surface area contributed by atoms with Gasteiger partial charge in [0.2, 0.25) is 0 Å². The third kappa shape index (κ3) is 3.38. The van der Waals surface area contributed by atoms with Crippen LogP contribution in [-0.4, -0.2) is 18.1 Å². The third-order valence-corrected chi connectivity index (χ3v) is 2.19. The van der Waals surface area contributed by atoms with E-state index in [4.69, 9.17) is 0 Å². The maximum atomic E-state index is 3.38. The molecule has 0 saturated heterocycles. The van der Waals surface area contributed by atoms with Crippen molar-refractivity contribution < 1.29 is 0 Å². The molecule has 0 aliphatic heterocycles. The lowest BCUT2D eigenvalue weighted by molar-refractivity contribution is 0.367. The van der Waals surface area contributed by atoms with Crippen LogP contribution in [0.2, 0.25) is 0 Å². The van der Waals surface area contributed by atoms with Gasteiger partial charge in [0.15, 0.2) is 0 Å². The Morgan fingerprint density at radius 1 is 1.14 bits per heavy atom. The third-order valence-electron chi connectivity index (χ3n) is 2.19. The van der Waals surface area contributed by atoms with Gasteiger partial charge in [-0.05, 0) is 18.6 Å². The number of hydrogen-bond donors (Lipinski definition) is 1. The summed E-state index contributed by atoms with van der Waals surface area (Å²) < 4.78 is 0. The van der Waals surface area contributed by atoms with Gasteiger partial charge < -0.3 is 5.43 Å². The van der Waals surface area contributed by atoms with E-state index in [0.717, 1.165) is 13.1 Å². The average molecular weight is 194 g/mol. The van der Waals surface area contributed by atoms with Crippen LogP contribution in [0.15, 0.2) is 24.3 Å². The van der Waals surface area contributed by atoms with Gasteiger partial charge in [0.05, 0.1) is 5.69 Å². The van der Waals surface area contributed by atoms with Crippen LogP contribution >= 0.6 is 0 Å². The van der Waals surface area contributed by atoms with Gasteiger partial charge in [0.1, 0.15) is 0 Å². The number of anilines is 1. The number of nitrogens with zero attached hydrogens (tertiary/aromatic N) is 1. The molecule has 0 saturated carbocycles. The molecule has 0 amide bonds. The number of benzene rings is 1. The highest BCUT2D eigenvalue weighted by atomic mass is 15.5. The lowest BCUT2D eigenvalue weighted by Crippen LogP contribution is -2.29. The van der Waals surface area contributed by atoms with Gasteiger partial charge in [-0.1, -0.05) is 39.5 Å². The first-order chi connectivity index (χ1) is 6.27. The summed E-state index contributed by atoms with van der Waals surface area (Å²) in [5.74, 6) is 0. The van der Waals surface area contributed by atoms with Crippen molar-refractivity contribution in [2.75, 3.05) is 18.5 Å². The largest absolute Gasteiger partial charge is 0.319 e. The molecule has 0 atom stereocenters. The first kappa shape index (κ1) is 13.0. The van der Waals surface area contributed by atoms with Crippen molar-refractivity contribution in [2.45, 2.75) is 28.2 Å². The maximum absolute atomic E-state index is 3.38. The number of para-hydroxylation sites is 1. The van der Waals surface area contributed by atoms with E-state index in [1.165, 1.54) is 11.3 Å². The molecule has 0 unspecified atom stereocenters. The Morgan fingerprint density at radius 2 is 1.71 bits per heavy atom. The SMILES string of the molecule is C.CCN(CC)Nc1ccccc1C. The molecule has 0 aliphatic carbocycles. The summed E-state index contributed by atoms with van der Waals surface area (Å²) in [6, 6.07) is 8.33. The van der Waals surface area contributed by atoms with E-state index in [1.807, 2.05) is 0 Å². The molecule has 2 nitrogen and oxygen atoms in total. The number of nitrogens with one attached hydrogen (secondary N) is 1. The fraction of sp³-hybridized carbons (Fsp3) is 0.500. The van der Waals surface area contributed by atoms with Gasteiger partial charge >= 0.3 is 0 Å². The van der Waals surface area contributed by atoms with Crippen LogP contribution in [0.25, 0.3) is 0 Å². The molecule has 0 heterocycles. The summed E-state index contributed by atoms with van der Waals surface area (Å²) in [6.45, 7) is 8.45. The Hall–Kier alpha value is -1.02. The fourth-order valence-corrected chi connectivity index (χ4v) is 1.25. The van der Waals surface area contributed by atoms with E-state index >= 15 is 0 Å². The second kappa shape index (κ2) is 6.44. The Labute approximate surface area is 87.9 Å².